The van der Waals surface area contributed by atoms with Crippen LogP contribution in [0.3, 0.4) is 0 Å². The number of rotatable bonds is 5. The van der Waals surface area contributed by atoms with Crippen molar-refractivity contribution in [3.05, 3.63) is 30.4 Å². The average Bonchev–Trinajstić information content (AvgIpc) is 2.78. The van der Waals surface area contributed by atoms with E-state index in [0.29, 0.717) is 23.7 Å². The van der Waals surface area contributed by atoms with Gasteiger partial charge in [-0.05, 0) is 0 Å². The molecule has 2 aromatic heterocycles. The average molecular weight is 247 g/mol. The minimum atomic E-state index is -0.122. The van der Waals surface area contributed by atoms with Crippen molar-refractivity contribution in [2.75, 3.05) is 13.1 Å². The number of nitrogens with one attached hydrogen (secondary N) is 2. The summed E-state index contributed by atoms with van der Waals surface area (Å²) in [7, 11) is 0. The van der Waals surface area contributed by atoms with Crippen molar-refractivity contribution in [1.29, 1.82) is 0 Å². The normalized spacial score (nSPS) is 11.1. The molecule has 96 valence electrons. The van der Waals surface area contributed by atoms with Crippen LogP contribution in [0.15, 0.2) is 24.8 Å². The number of carbonyl (C=O) groups is 1. The van der Waals surface area contributed by atoms with Gasteiger partial charge in [-0.25, -0.2) is 4.52 Å². The van der Waals surface area contributed by atoms with Crippen molar-refractivity contribution < 1.29 is 4.79 Å². The van der Waals surface area contributed by atoms with Gasteiger partial charge in [0.2, 0.25) is 0 Å². The molecule has 0 atom stereocenters. The van der Waals surface area contributed by atoms with Gasteiger partial charge in [-0.1, -0.05) is 13.8 Å². The molecule has 1 amide bonds. The van der Waals surface area contributed by atoms with Crippen LogP contribution in [0, 0.1) is 0 Å². The summed E-state index contributed by atoms with van der Waals surface area (Å²) in [5, 5.41) is 10.2. The van der Waals surface area contributed by atoms with Gasteiger partial charge in [0.05, 0.1) is 23.5 Å². The Kier molecular flexibility index (Phi) is 3.88. The number of hydrogen-bond donors (Lipinski definition) is 2. The van der Waals surface area contributed by atoms with Gasteiger partial charge >= 0.3 is 0 Å². The lowest BCUT2D eigenvalue weighted by Crippen LogP contribution is -2.34. The standard InChI is InChI=1S/C12H17N5O/c1-9(2)14-3-4-15-12(18)10-7-16-17-6-5-13-8-11(10)17/h5-9,14H,3-4H2,1-2H3,(H,15,18). The Morgan fingerprint density at radius 3 is 3.00 bits per heavy atom. The van der Waals surface area contributed by atoms with E-state index in [0.717, 1.165) is 6.54 Å². The SMILES string of the molecule is CC(C)NCCNC(=O)c1cnn2ccncc12. The fraction of sp³-hybridized carbons (Fsp3) is 0.417. The van der Waals surface area contributed by atoms with Crippen molar-refractivity contribution in [3.63, 3.8) is 0 Å². The van der Waals surface area contributed by atoms with E-state index in [2.05, 4.69) is 34.6 Å². The summed E-state index contributed by atoms with van der Waals surface area (Å²) in [4.78, 5) is 15.9. The van der Waals surface area contributed by atoms with Crippen LogP contribution < -0.4 is 10.6 Å². The number of fused-ring (bicyclic) bond motifs is 1. The molecule has 0 spiro atoms. The lowest BCUT2D eigenvalue weighted by Gasteiger charge is -2.08. The van der Waals surface area contributed by atoms with Crippen molar-refractivity contribution in [1.82, 2.24) is 25.2 Å². The van der Waals surface area contributed by atoms with Crippen LogP contribution in [0.1, 0.15) is 24.2 Å². The Balaban J connectivity index is 1.97. The van der Waals surface area contributed by atoms with E-state index < -0.39 is 0 Å². The van der Waals surface area contributed by atoms with Gasteiger partial charge in [0.15, 0.2) is 0 Å². The van der Waals surface area contributed by atoms with Gasteiger partial charge in [-0.2, -0.15) is 5.10 Å². The molecule has 0 saturated carbocycles. The Morgan fingerprint density at radius 2 is 2.22 bits per heavy atom. The number of nitrogens with zero attached hydrogens (tertiary/aromatic N) is 3. The zero-order valence-corrected chi connectivity index (χ0v) is 10.6. The third-order valence-corrected chi connectivity index (χ3v) is 2.53. The van der Waals surface area contributed by atoms with Crippen LogP contribution in [0.4, 0.5) is 0 Å². The van der Waals surface area contributed by atoms with Crippen LogP contribution in [0.25, 0.3) is 5.52 Å². The van der Waals surface area contributed by atoms with Gasteiger partial charge in [0, 0.05) is 31.5 Å². The first-order valence-electron chi connectivity index (χ1n) is 5.97. The molecule has 0 radical (unpaired) electrons. The molecular formula is C12H17N5O. The smallest absolute Gasteiger partial charge is 0.255 e. The molecular weight excluding hydrogens is 230 g/mol. The maximum atomic E-state index is 11.9. The predicted molar refractivity (Wildman–Crippen MR) is 68.5 cm³/mol. The molecule has 0 bridgehead atoms. The van der Waals surface area contributed by atoms with E-state index in [1.807, 2.05) is 0 Å². The molecule has 2 rings (SSSR count). The second-order valence-corrected chi connectivity index (χ2v) is 4.33. The van der Waals surface area contributed by atoms with Crippen molar-refractivity contribution in [3.8, 4) is 0 Å². The highest BCUT2D eigenvalue weighted by atomic mass is 16.1. The molecule has 2 aromatic rings. The van der Waals surface area contributed by atoms with Crippen LogP contribution in [-0.4, -0.2) is 39.6 Å². The van der Waals surface area contributed by atoms with Crippen molar-refractivity contribution in [2.45, 2.75) is 19.9 Å². The van der Waals surface area contributed by atoms with E-state index in [4.69, 9.17) is 0 Å². The van der Waals surface area contributed by atoms with Gasteiger partial charge < -0.3 is 10.6 Å². The minimum Gasteiger partial charge on any atom is -0.351 e. The summed E-state index contributed by atoms with van der Waals surface area (Å²) >= 11 is 0. The molecule has 18 heavy (non-hydrogen) atoms. The monoisotopic (exact) mass is 247 g/mol. The van der Waals surface area contributed by atoms with Crippen LogP contribution in [-0.2, 0) is 0 Å². The van der Waals surface area contributed by atoms with Gasteiger partial charge in [-0.15, -0.1) is 0 Å². The highest BCUT2D eigenvalue weighted by molar-refractivity contribution is 6.00. The highest BCUT2D eigenvalue weighted by Gasteiger charge is 2.11. The zero-order chi connectivity index (χ0) is 13.0. The summed E-state index contributed by atoms with van der Waals surface area (Å²) in [6, 6.07) is 0.420. The molecule has 0 saturated heterocycles. The molecule has 0 aliphatic rings. The summed E-state index contributed by atoms with van der Waals surface area (Å²) in [6.07, 6.45) is 6.54. The maximum absolute atomic E-state index is 11.9. The number of aromatic nitrogens is 3. The first-order valence-corrected chi connectivity index (χ1v) is 5.97. The maximum Gasteiger partial charge on any atom is 0.255 e. The largest absolute Gasteiger partial charge is 0.351 e. The van der Waals surface area contributed by atoms with Crippen LogP contribution >= 0.6 is 0 Å². The quantitative estimate of drug-likeness (QED) is 0.753. The Hall–Kier alpha value is -1.95. The molecule has 0 aromatic carbocycles. The molecule has 6 nitrogen and oxygen atoms in total. The lowest BCUT2D eigenvalue weighted by atomic mass is 10.3. The first-order chi connectivity index (χ1) is 8.68. The molecule has 0 aliphatic heterocycles. The lowest BCUT2D eigenvalue weighted by molar-refractivity contribution is 0.0955. The fourth-order valence-electron chi connectivity index (χ4n) is 1.64. The second-order valence-electron chi connectivity index (χ2n) is 4.33. The van der Waals surface area contributed by atoms with Crippen LogP contribution in [0.5, 0.6) is 0 Å². The topological polar surface area (TPSA) is 71.3 Å². The van der Waals surface area contributed by atoms with E-state index in [1.54, 1.807) is 29.3 Å². The highest BCUT2D eigenvalue weighted by Crippen LogP contribution is 2.07. The van der Waals surface area contributed by atoms with Crippen molar-refractivity contribution in [2.24, 2.45) is 0 Å². The molecule has 2 heterocycles. The molecule has 6 heteroatoms. The third-order valence-electron chi connectivity index (χ3n) is 2.53. The fourth-order valence-corrected chi connectivity index (χ4v) is 1.64. The Bertz CT molecular complexity index is 534. The summed E-state index contributed by atoms with van der Waals surface area (Å²) in [5.74, 6) is -0.122. The van der Waals surface area contributed by atoms with E-state index in [-0.39, 0.29) is 5.91 Å². The van der Waals surface area contributed by atoms with E-state index >= 15 is 0 Å². The molecule has 0 unspecified atom stereocenters. The Labute approximate surface area is 105 Å². The molecule has 0 aliphatic carbocycles. The van der Waals surface area contributed by atoms with Crippen LogP contribution in [0.2, 0.25) is 0 Å². The summed E-state index contributed by atoms with van der Waals surface area (Å²) in [5.41, 5.74) is 1.26. The van der Waals surface area contributed by atoms with Gasteiger partial charge in [0.25, 0.3) is 5.91 Å². The third kappa shape index (κ3) is 2.84. The number of hydrogen-bond acceptors (Lipinski definition) is 4. The summed E-state index contributed by atoms with van der Waals surface area (Å²) in [6.45, 7) is 5.48. The molecule has 0 fully saturated rings. The summed E-state index contributed by atoms with van der Waals surface area (Å²) < 4.78 is 1.63. The van der Waals surface area contributed by atoms with Gasteiger partial charge in [0.1, 0.15) is 0 Å². The number of carbonyl (C=O) groups excluding carboxylic acids is 1. The second kappa shape index (κ2) is 5.59. The molecule has 2 N–H and O–H groups in total. The minimum absolute atomic E-state index is 0.122. The predicted octanol–water partition coefficient (Wildman–Crippen LogP) is 0.457. The Morgan fingerprint density at radius 1 is 1.39 bits per heavy atom. The van der Waals surface area contributed by atoms with E-state index in [1.165, 1.54) is 0 Å². The first kappa shape index (κ1) is 12.5. The van der Waals surface area contributed by atoms with Crippen molar-refractivity contribution >= 4 is 11.4 Å². The number of amides is 1. The zero-order valence-electron chi connectivity index (χ0n) is 10.6. The van der Waals surface area contributed by atoms with Gasteiger partial charge in [-0.3, -0.25) is 9.78 Å². The van der Waals surface area contributed by atoms with E-state index in [9.17, 15) is 4.79 Å².